The summed E-state index contributed by atoms with van der Waals surface area (Å²) in [7, 11) is 0. The monoisotopic (exact) mass is 216 g/mol. The van der Waals surface area contributed by atoms with Crippen molar-refractivity contribution in [2.45, 2.75) is 6.61 Å². The summed E-state index contributed by atoms with van der Waals surface area (Å²) >= 11 is 1.67. The van der Waals surface area contributed by atoms with Crippen molar-refractivity contribution in [3.63, 3.8) is 0 Å². The second-order valence-corrected chi connectivity index (χ2v) is 4.24. The van der Waals surface area contributed by atoms with E-state index in [4.69, 9.17) is 4.74 Å². The third-order valence-electron chi connectivity index (χ3n) is 2.54. The predicted octanol–water partition coefficient (Wildman–Crippen LogP) is 3.09. The SMILES string of the molecule is O=C1OCc2cc(-c3ccsc3)ccc21. The highest BCUT2D eigenvalue weighted by Gasteiger charge is 2.20. The van der Waals surface area contributed by atoms with Crippen LogP contribution in [-0.4, -0.2) is 5.97 Å². The van der Waals surface area contributed by atoms with E-state index in [9.17, 15) is 4.79 Å². The van der Waals surface area contributed by atoms with Crippen LogP contribution in [0, 0.1) is 0 Å². The molecule has 0 saturated carbocycles. The Kier molecular flexibility index (Phi) is 1.86. The Morgan fingerprint density at radius 3 is 2.93 bits per heavy atom. The first-order valence-electron chi connectivity index (χ1n) is 4.67. The molecule has 2 heterocycles. The van der Waals surface area contributed by atoms with Crippen molar-refractivity contribution in [2.24, 2.45) is 0 Å². The maximum absolute atomic E-state index is 11.2. The topological polar surface area (TPSA) is 26.3 Å². The van der Waals surface area contributed by atoms with Gasteiger partial charge in [-0.3, -0.25) is 0 Å². The van der Waals surface area contributed by atoms with Gasteiger partial charge in [0, 0.05) is 5.56 Å². The Labute approximate surface area is 91.1 Å². The zero-order chi connectivity index (χ0) is 10.3. The number of thiophene rings is 1. The van der Waals surface area contributed by atoms with Crippen LogP contribution in [0.1, 0.15) is 15.9 Å². The second-order valence-electron chi connectivity index (χ2n) is 3.46. The fourth-order valence-corrected chi connectivity index (χ4v) is 2.41. The van der Waals surface area contributed by atoms with Gasteiger partial charge in [-0.25, -0.2) is 4.79 Å². The fourth-order valence-electron chi connectivity index (χ4n) is 1.74. The Morgan fingerprint density at radius 2 is 2.13 bits per heavy atom. The van der Waals surface area contributed by atoms with Gasteiger partial charge in [0.15, 0.2) is 0 Å². The van der Waals surface area contributed by atoms with Crippen LogP contribution in [0.5, 0.6) is 0 Å². The molecular formula is C12H8O2S. The zero-order valence-electron chi connectivity index (χ0n) is 7.90. The number of hydrogen-bond donors (Lipinski definition) is 0. The van der Waals surface area contributed by atoms with Gasteiger partial charge in [0.25, 0.3) is 0 Å². The molecule has 0 radical (unpaired) electrons. The molecule has 3 rings (SSSR count). The van der Waals surface area contributed by atoms with Crippen molar-refractivity contribution in [2.75, 3.05) is 0 Å². The Balaban J connectivity index is 2.11. The molecule has 0 N–H and O–H groups in total. The van der Waals surface area contributed by atoms with Gasteiger partial charge in [-0.2, -0.15) is 11.3 Å². The number of hydrogen-bond acceptors (Lipinski definition) is 3. The number of fused-ring (bicyclic) bond motifs is 1. The molecule has 0 atom stereocenters. The van der Waals surface area contributed by atoms with Crippen LogP contribution in [-0.2, 0) is 11.3 Å². The van der Waals surface area contributed by atoms with Gasteiger partial charge in [0.2, 0.25) is 0 Å². The molecule has 74 valence electrons. The van der Waals surface area contributed by atoms with Crippen LogP contribution in [0.25, 0.3) is 11.1 Å². The molecular weight excluding hydrogens is 208 g/mol. The number of carbonyl (C=O) groups excluding carboxylic acids is 1. The zero-order valence-corrected chi connectivity index (χ0v) is 8.71. The molecule has 0 fully saturated rings. The minimum absolute atomic E-state index is 0.207. The van der Waals surface area contributed by atoms with Crippen LogP contribution in [0.3, 0.4) is 0 Å². The summed E-state index contributed by atoms with van der Waals surface area (Å²) in [5.41, 5.74) is 4.04. The number of rotatable bonds is 1. The van der Waals surface area contributed by atoms with Gasteiger partial charge in [0.1, 0.15) is 6.61 Å². The second kappa shape index (κ2) is 3.21. The van der Waals surface area contributed by atoms with Gasteiger partial charge < -0.3 is 4.74 Å². The Bertz CT molecular complexity index is 514. The first-order valence-corrected chi connectivity index (χ1v) is 5.61. The molecule has 0 amide bonds. The largest absolute Gasteiger partial charge is 0.457 e. The van der Waals surface area contributed by atoms with E-state index < -0.39 is 0 Å². The molecule has 0 saturated heterocycles. The highest BCUT2D eigenvalue weighted by atomic mass is 32.1. The normalized spacial score (nSPS) is 13.7. The maximum Gasteiger partial charge on any atom is 0.338 e. The molecule has 1 aromatic heterocycles. The number of benzene rings is 1. The van der Waals surface area contributed by atoms with Gasteiger partial charge in [0.05, 0.1) is 5.56 Å². The van der Waals surface area contributed by atoms with E-state index in [0.717, 1.165) is 11.1 Å². The standard InChI is InChI=1S/C12H8O2S/c13-12-11-2-1-8(5-10(11)6-14-12)9-3-4-15-7-9/h1-5,7H,6H2. The average molecular weight is 216 g/mol. The van der Waals surface area contributed by atoms with Crippen molar-refractivity contribution in [1.29, 1.82) is 0 Å². The van der Waals surface area contributed by atoms with Gasteiger partial charge in [-0.15, -0.1) is 0 Å². The summed E-state index contributed by atoms with van der Waals surface area (Å²) in [6.45, 7) is 0.409. The van der Waals surface area contributed by atoms with E-state index in [1.54, 1.807) is 11.3 Å². The first-order chi connectivity index (χ1) is 7.34. The smallest absolute Gasteiger partial charge is 0.338 e. The lowest BCUT2D eigenvalue weighted by molar-refractivity contribution is 0.0535. The lowest BCUT2D eigenvalue weighted by Crippen LogP contribution is -1.92. The number of esters is 1. The Hall–Kier alpha value is -1.61. The number of carbonyl (C=O) groups is 1. The van der Waals surface area contributed by atoms with E-state index in [0.29, 0.717) is 12.2 Å². The van der Waals surface area contributed by atoms with Gasteiger partial charge in [-0.05, 0) is 40.1 Å². The molecule has 2 aromatic rings. The molecule has 2 nitrogen and oxygen atoms in total. The van der Waals surface area contributed by atoms with Crippen molar-refractivity contribution in [3.05, 3.63) is 46.2 Å². The van der Waals surface area contributed by atoms with Crippen molar-refractivity contribution in [3.8, 4) is 11.1 Å². The van der Waals surface area contributed by atoms with Crippen LogP contribution in [0.15, 0.2) is 35.0 Å². The summed E-state index contributed by atoms with van der Waals surface area (Å²) in [5, 5.41) is 4.14. The molecule has 0 spiro atoms. The van der Waals surface area contributed by atoms with Crippen LogP contribution in [0.2, 0.25) is 0 Å². The van der Waals surface area contributed by atoms with Crippen LogP contribution >= 0.6 is 11.3 Å². The minimum Gasteiger partial charge on any atom is -0.457 e. The summed E-state index contributed by atoms with van der Waals surface area (Å²) in [6, 6.07) is 7.91. The number of cyclic esters (lactones) is 1. The molecule has 15 heavy (non-hydrogen) atoms. The molecule has 1 aliphatic heterocycles. The lowest BCUT2D eigenvalue weighted by Gasteiger charge is -1.99. The minimum atomic E-state index is -0.207. The van der Waals surface area contributed by atoms with Crippen molar-refractivity contribution < 1.29 is 9.53 Å². The summed E-state index contributed by atoms with van der Waals surface area (Å²) in [6.07, 6.45) is 0. The first kappa shape index (κ1) is 8.68. The number of ether oxygens (including phenoxy) is 1. The van der Waals surface area contributed by atoms with E-state index in [2.05, 4.69) is 11.4 Å². The molecule has 1 aliphatic rings. The van der Waals surface area contributed by atoms with E-state index in [1.165, 1.54) is 5.56 Å². The summed E-state index contributed by atoms with van der Waals surface area (Å²) in [5.74, 6) is -0.207. The van der Waals surface area contributed by atoms with Crippen molar-refractivity contribution >= 4 is 17.3 Å². The predicted molar refractivity (Wildman–Crippen MR) is 58.9 cm³/mol. The molecule has 0 aliphatic carbocycles. The Morgan fingerprint density at radius 1 is 1.20 bits per heavy atom. The third kappa shape index (κ3) is 1.36. The van der Waals surface area contributed by atoms with Gasteiger partial charge >= 0.3 is 5.97 Å². The summed E-state index contributed by atoms with van der Waals surface area (Å²) in [4.78, 5) is 11.2. The highest BCUT2D eigenvalue weighted by molar-refractivity contribution is 7.08. The molecule has 3 heteroatoms. The van der Waals surface area contributed by atoms with Gasteiger partial charge in [-0.1, -0.05) is 6.07 Å². The third-order valence-corrected chi connectivity index (χ3v) is 3.22. The average Bonchev–Trinajstić information content (AvgIpc) is 2.88. The van der Waals surface area contributed by atoms with Crippen LogP contribution < -0.4 is 0 Å². The molecule has 0 unspecified atom stereocenters. The van der Waals surface area contributed by atoms with E-state index in [1.807, 2.05) is 23.6 Å². The molecule has 0 bridgehead atoms. The van der Waals surface area contributed by atoms with E-state index >= 15 is 0 Å². The highest BCUT2D eigenvalue weighted by Crippen LogP contribution is 2.27. The quantitative estimate of drug-likeness (QED) is 0.685. The maximum atomic E-state index is 11.2. The van der Waals surface area contributed by atoms with Crippen LogP contribution in [0.4, 0.5) is 0 Å². The van der Waals surface area contributed by atoms with E-state index in [-0.39, 0.29) is 5.97 Å². The summed E-state index contributed by atoms with van der Waals surface area (Å²) < 4.78 is 4.96. The fraction of sp³-hybridized carbons (Fsp3) is 0.0833. The van der Waals surface area contributed by atoms with Crippen molar-refractivity contribution in [1.82, 2.24) is 0 Å². The lowest BCUT2D eigenvalue weighted by atomic mass is 10.0. The molecule has 1 aromatic carbocycles.